The number of aromatic amines is 1. The summed E-state index contributed by atoms with van der Waals surface area (Å²) >= 11 is 0. The van der Waals surface area contributed by atoms with Gasteiger partial charge in [0.2, 0.25) is 0 Å². The normalized spacial score (nSPS) is 26.7. The number of hydrogen-bond donors (Lipinski definition) is 2. The third-order valence-electron chi connectivity index (χ3n) is 5.14. The monoisotopic (exact) mass is 306 g/mol. The molecular weight excluding hydrogens is 284 g/mol. The van der Waals surface area contributed by atoms with Crippen LogP contribution in [0.2, 0.25) is 0 Å². The van der Waals surface area contributed by atoms with Gasteiger partial charge in [0.1, 0.15) is 5.56 Å². The fourth-order valence-electron chi connectivity index (χ4n) is 3.70. The summed E-state index contributed by atoms with van der Waals surface area (Å²) < 4.78 is 5.72. The first-order valence-corrected chi connectivity index (χ1v) is 7.85. The van der Waals surface area contributed by atoms with E-state index >= 15 is 0 Å². The first-order chi connectivity index (χ1) is 10.6. The lowest BCUT2D eigenvalue weighted by Gasteiger charge is -2.56. The Bertz CT molecular complexity index is 602. The van der Waals surface area contributed by atoms with Crippen LogP contribution in [-0.2, 0) is 4.74 Å². The maximum Gasteiger partial charge on any atom is 0.260 e. The van der Waals surface area contributed by atoms with Crippen molar-refractivity contribution >= 4 is 5.91 Å². The van der Waals surface area contributed by atoms with Crippen molar-refractivity contribution in [1.29, 1.82) is 0 Å². The molecule has 1 saturated carbocycles. The molecule has 1 aliphatic carbocycles. The molecule has 2 atom stereocenters. The van der Waals surface area contributed by atoms with E-state index in [1.54, 1.807) is 17.0 Å². The number of piperidine rings is 1. The summed E-state index contributed by atoms with van der Waals surface area (Å²) in [6.07, 6.45) is 3.37. The van der Waals surface area contributed by atoms with Gasteiger partial charge in [0.15, 0.2) is 0 Å². The van der Waals surface area contributed by atoms with E-state index in [1.165, 1.54) is 6.20 Å². The average molecular weight is 306 g/mol. The molecule has 1 amide bonds. The van der Waals surface area contributed by atoms with E-state index in [1.807, 2.05) is 6.92 Å². The minimum absolute atomic E-state index is 0.0879. The zero-order valence-electron chi connectivity index (χ0n) is 12.7. The van der Waals surface area contributed by atoms with Crippen molar-refractivity contribution in [3.63, 3.8) is 0 Å². The molecule has 1 aromatic heterocycles. The van der Waals surface area contributed by atoms with Gasteiger partial charge in [-0.05, 0) is 31.9 Å². The zero-order chi connectivity index (χ0) is 15.7. The van der Waals surface area contributed by atoms with Crippen LogP contribution in [0.4, 0.5) is 0 Å². The fraction of sp³-hybridized carbons (Fsp3) is 0.625. The van der Waals surface area contributed by atoms with Gasteiger partial charge in [-0.1, -0.05) is 0 Å². The van der Waals surface area contributed by atoms with Crippen molar-refractivity contribution < 1.29 is 14.6 Å². The van der Waals surface area contributed by atoms with Gasteiger partial charge in [0.05, 0.1) is 12.2 Å². The lowest BCUT2D eigenvalue weighted by molar-refractivity contribution is -0.207. The summed E-state index contributed by atoms with van der Waals surface area (Å²) in [5.74, 6) is -0.238. The largest absolute Gasteiger partial charge is 0.392 e. The first-order valence-electron chi connectivity index (χ1n) is 7.85. The number of carbonyl (C=O) groups excluding carboxylic acids is 1. The van der Waals surface area contributed by atoms with Crippen molar-refractivity contribution in [2.45, 2.75) is 38.4 Å². The lowest BCUT2D eigenvalue weighted by Crippen LogP contribution is -2.62. The van der Waals surface area contributed by atoms with Gasteiger partial charge < -0.3 is 19.7 Å². The second kappa shape index (κ2) is 5.85. The van der Waals surface area contributed by atoms with Gasteiger partial charge >= 0.3 is 0 Å². The van der Waals surface area contributed by atoms with E-state index in [0.717, 1.165) is 12.8 Å². The highest BCUT2D eigenvalue weighted by Gasteiger charge is 2.56. The number of aliphatic hydroxyl groups is 1. The Morgan fingerprint density at radius 2 is 2.23 bits per heavy atom. The number of nitrogens with one attached hydrogen (secondary N) is 1. The molecule has 2 N–H and O–H groups in total. The lowest BCUT2D eigenvalue weighted by atomic mass is 9.58. The summed E-state index contributed by atoms with van der Waals surface area (Å²) in [5.41, 5.74) is -0.395. The Balaban J connectivity index is 1.68. The topological polar surface area (TPSA) is 82.6 Å². The van der Waals surface area contributed by atoms with Crippen LogP contribution in [0, 0.1) is 5.41 Å². The molecule has 2 fully saturated rings. The second-order valence-corrected chi connectivity index (χ2v) is 6.13. The van der Waals surface area contributed by atoms with Crippen molar-refractivity contribution in [3.05, 3.63) is 34.2 Å². The highest BCUT2D eigenvalue weighted by molar-refractivity contribution is 5.93. The van der Waals surface area contributed by atoms with E-state index in [4.69, 9.17) is 4.74 Å². The van der Waals surface area contributed by atoms with Crippen LogP contribution >= 0.6 is 0 Å². The number of aromatic nitrogens is 1. The fourth-order valence-corrected chi connectivity index (χ4v) is 3.70. The van der Waals surface area contributed by atoms with Crippen LogP contribution in [0.15, 0.2) is 23.1 Å². The predicted octanol–water partition coefficient (Wildman–Crippen LogP) is 0.767. The van der Waals surface area contributed by atoms with Crippen LogP contribution < -0.4 is 5.56 Å². The number of nitrogens with zero attached hydrogens (tertiary/aromatic N) is 1. The van der Waals surface area contributed by atoms with E-state index < -0.39 is 0 Å². The number of likely N-dealkylation sites (tertiary alicyclic amines) is 1. The molecule has 6 heteroatoms. The molecule has 6 nitrogen and oxygen atoms in total. The molecule has 1 saturated heterocycles. The zero-order valence-corrected chi connectivity index (χ0v) is 12.7. The summed E-state index contributed by atoms with van der Waals surface area (Å²) in [6, 6.07) is 3.20. The van der Waals surface area contributed by atoms with E-state index in [2.05, 4.69) is 4.98 Å². The van der Waals surface area contributed by atoms with Gasteiger partial charge in [-0.25, -0.2) is 0 Å². The van der Waals surface area contributed by atoms with Gasteiger partial charge in [0, 0.05) is 37.7 Å². The van der Waals surface area contributed by atoms with Gasteiger partial charge in [-0.2, -0.15) is 0 Å². The van der Waals surface area contributed by atoms with E-state index in [-0.39, 0.29) is 34.7 Å². The number of H-pyrrole nitrogens is 1. The Morgan fingerprint density at radius 1 is 1.50 bits per heavy atom. The number of hydrogen-bond acceptors (Lipinski definition) is 4. The molecule has 1 aromatic rings. The molecule has 2 heterocycles. The minimum atomic E-state index is -0.358. The first kappa shape index (κ1) is 15.2. The molecule has 1 spiro atoms. The van der Waals surface area contributed by atoms with Crippen molar-refractivity contribution in [1.82, 2.24) is 9.88 Å². The van der Waals surface area contributed by atoms with Crippen LogP contribution in [0.3, 0.4) is 0 Å². The van der Waals surface area contributed by atoms with Gasteiger partial charge in [-0.3, -0.25) is 9.59 Å². The molecule has 0 unspecified atom stereocenters. The number of pyridine rings is 1. The van der Waals surface area contributed by atoms with Crippen molar-refractivity contribution in [2.75, 3.05) is 19.7 Å². The standard InChI is InChI=1S/C16H22N2O4/c1-2-22-13-10-12(19)16(13)5-8-18(9-6-16)15(21)11-4-3-7-17-14(11)20/h3-4,7,12-13,19H,2,5-6,8-10H2,1H3,(H,17,20)/t12-,13+/m1/s1. The number of amides is 1. The Kier molecular flexibility index (Phi) is 4.06. The Labute approximate surface area is 129 Å². The Hall–Kier alpha value is -1.66. The molecule has 3 rings (SSSR count). The molecule has 22 heavy (non-hydrogen) atoms. The second-order valence-electron chi connectivity index (χ2n) is 6.13. The van der Waals surface area contributed by atoms with Gasteiger partial charge in [-0.15, -0.1) is 0 Å². The molecule has 0 radical (unpaired) electrons. The maximum absolute atomic E-state index is 12.4. The van der Waals surface area contributed by atoms with Gasteiger partial charge in [0.25, 0.3) is 11.5 Å². The maximum atomic E-state index is 12.4. The summed E-state index contributed by atoms with van der Waals surface area (Å²) in [6.45, 7) is 3.70. The highest BCUT2D eigenvalue weighted by atomic mass is 16.5. The highest BCUT2D eigenvalue weighted by Crippen LogP contribution is 2.50. The molecule has 0 bridgehead atoms. The van der Waals surface area contributed by atoms with Crippen LogP contribution in [-0.4, -0.2) is 52.8 Å². The number of rotatable bonds is 3. The third-order valence-corrected chi connectivity index (χ3v) is 5.14. The third kappa shape index (κ3) is 2.36. The number of carbonyl (C=O) groups is 1. The van der Waals surface area contributed by atoms with Crippen LogP contribution in [0.5, 0.6) is 0 Å². The summed E-state index contributed by atoms with van der Waals surface area (Å²) in [4.78, 5) is 28.4. The molecule has 2 aliphatic rings. The summed E-state index contributed by atoms with van der Waals surface area (Å²) in [5, 5.41) is 10.2. The smallest absolute Gasteiger partial charge is 0.260 e. The molecule has 0 aromatic carbocycles. The number of aliphatic hydroxyl groups excluding tert-OH is 1. The van der Waals surface area contributed by atoms with E-state index in [0.29, 0.717) is 26.1 Å². The van der Waals surface area contributed by atoms with Crippen LogP contribution in [0.25, 0.3) is 0 Å². The molecular formula is C16H22N2O4. The predicted molar refractivity (Wildman–Crippen MR) is 80.7 cm³/mol. The summed E-state index contributed by atoms with van der Waals surface area (Å²) in [7, 11) is 0. The minimum Gasteiger partial charge on any atom is -0.392 e. The van der Waals surface area contributed by atoms with Crippen molar-refractivity contribution in [2.24, 2.45) is 5.41 Å². The van der Waals surface area contributed by atoms with E-state index in [9.17, 15) is 14.7 Å². The number of ether oxygens (including phenoxy) is 1. The van der Waals surface area contributed by atoms with Crippen LogP contribution in [0.1, 0.15) is 36.5 Å². The van der Waals surface area contributed by atoms with Crippen molar-refractivity contribution in [3.8, 4) is 0 Å². The average Bonchev–Trinajstić information content (AvgIpc) is 2.55. The molecule has 120 valence electrons. The molecule has 1 aliphatic heterocycles. The Morgan fingerprint density at radius 3 is 2.82 bits per heavy atom. The quantitative estimate of drug-likeness (QED) is 0.864. The SMILES string of the molecule is CCO[C@H]1C[C@@H](O)C12CCN(C(=O)c1ccc[nH]c1=O)CC2.